The minimum absolute atomic E-state index is 0.0478. The number of fused-ring (bicyclic) bond motifs is 1. The van der Waals surface area contributed by atoms with Crippen LogP contribution in [0.4, 0.5) is 0 Å². The Labute approximate surface area is 164 Å². The van der Waals surface area contributed by atoms with Crippen molar-refractivity contribution in [1.29, 1.82) is 0 Å². The van der Waals surface area contributed by atoms with Gasteiger partial charge in [-0.2, -0.15) is 5.10 Å². The van der Waals surface area contributed by atoms with Gasteiger partial charge in [0.1, 0.15) is 11.3 Å². The van der Waals surface area contributed by atoms with E-state index in [4.69, 9.17) is 4.52 Å². The van der Waals surface area contributed by atoms with Crippen LogP contribution in [0.15, 0.2) is 35.0 Å². The van der Waals surface area contributed by atoms with Crippen LogP contribution in [-0.4, -0.2) is 20.8 Å². The van der Waals surface area contributed by atoms with E-state index in [9.17, 15) is 4.79 Å². The second-order valence-electron chi connectivity index (χ2n) is 8.56. The third kappa shape index (κ3) is 3.23. The van der Waals surface area contributed by atoms with E-state index < -0.39 is 0 Å². The summed E-state index contributed by atoms with van der Waals surface area (Å²) < 4.78 is 7.16. The van der Waals surface area contributed by atoms with Gasteiger partial charge in [-0.3, -0.25) is 4.79 Å². The number of benzene rings is 1. The largest absolute Gasteiger partial charge is 0.361 e. The monoisotopic (exact) mass is 378 g/mol. The number of hydrogen-bond acceptors (Lipinski definition) is 4. The van der Waals surface area contributed by atoms with Crippen molar-refractivity contribution in [3.63, 3.8) is 0 Å². The zero-order valence-corrected chi connectivity index (χ0v) is 17.0. The number of hydrogen-bond donors (Lipinski definition) is 1. The summed E-state index contributed by atoms with van der Waals surface area (Å²) in [5, 5.41) is 11.8. The lowest BCUT2D eigenvalue weighted by atomic mass is 9.74. The van der Waals surface area contributed by atoms with Crippen molar-refractivity contribution in [1.82, 2.24) is 20.3 Å². The second kappa shape index (κ2) is 6.62. The van der Waals surface area contributed by atoms with Crippen LogP contribution in [-0.2, 0) is 6.42 Å². The fourth-order valence-electron chi connectivity index (χ4n) is 4.12. The first-order valence-corrected chi connectivity index (χ1v) is 9.63. The van der Waals surface area contributed by atoms with E-state index in [1.165, 1.54) is 5.56 Å². The molecule has 0 saturated carbocycles. The molecule has 6 nitrogen and oxygen atoms in total. The molecule has 1 amide bonds. The van der Waals surface area contributed by atoms with Gasteiger partial charge in [-0.25, -0.2) is 4.68 Å². The zero-order valence-electron chi connectivity index (χ0n) is 17.0. The van der Waals surface area contributed by atoms with Gasteiger partial charge < -0.3 is 9.84 Å². The van der Waals surface area contributed by atoms with E-state index in [2.05, 4.69) is 60.6 Å². The van der Waals surface area contributed by atoms with Crippen LogP contribution in [0, 0.1) is 26.2 Å². The molecule has 1 aliphatic carbocycles. The number of nitrogens with one attached hydrogen (secondary N) is 1. The molecule has 1 unspecified atom stereocenters. The van der Waals surface area contributed by atoms with Crippen molar-refractivity contribution in [3.8, 4) is 5.69 Å². The molecule has 4 rings (SSSR count). The minimum Gasteiger partial charge on any atom is -0.361 e. The van der Waals surface area contributed by atoms with E-state index in [0.29, 0.717) is 17.0 Å². The first-order chi connectivity index (χ1) is 13.2. The number of nitrogens with zero attached hydrogens (tertiary/aromatic N) is 3. The van der Waals surface area contributed by atoms with Crippen LogP contribution < -0.4 is 5.32 Å². The summed E-state index contributed by atoms with van der Waals surface area (Å²) in [7, 11) is 0. The Bertz CT molecular complexity index is 1010. The van der Waals surface area contributed by atoms with Crippen molar-refractivity contribution in [2.24, 2.45) is 5.41 Å². The molecule has 0 bridgehead atoms. The molecule has 0 fully saturated rings. The summed E-state index contributed by atoms with van der Waals surface area (Å²) >= 11 is 0. The SMILES string of the molecule is Cc1ccc(-n2ncc3c2CC(C)(C)CC3NC(=O)c2c(C)noc2C)cc1. The number of carbonyl (C=O) groups is 1. The minimum atomic E-state index is -0.145. The van der Waals surface area contributed by atoms with Gasteiger partial charge in [-0.1, -0.05) is 36.7 Å². The Morgan fingerprint density at radius 1 is 1.21 bits per heavy atom. The van der Waals surface area contributed by atoms with Crippen LogP contribution in [0.2, 0.25) is 0 Å². The van der Waals surface area contributed by atoms with E-state index in [-0.39, 0.29) is 17.4 Å². The lowest BCUT2D eigenvalue weighted by Crippen LogP contribution is -2.37. The molecule has 6 heteroatoms. The van der Waals surface area contributed by atoms with Crippen LogP contribution in [0.5, 0.6) is 0 Å². The Kier molecular flexibility index (Phi) is 4.37. The van der Waals surface area contributed by atoms with E-state index in [1.54, 1.807) is 13.8 Å². The maximum absolute atomic E-state index is 12.9. The highest BCUT2D eigenvalue weighted by atomic mass is 16.5. The summed E-state index contributed by atoms with van der Waals surface area (Å²) in [6.45, 7) is 10.1. The number of aromatic nitrogens is 3. The highest BCUT2D eigenvalue weighted by Crippen LogP contribution is 2.41. The van der Waals surface area contributed by atoms with E-state index in [1.807, 2.05) is 10.9 Å². The third-order valence-electron chi connectivity index (χ3n) is 5.52. The molecular formula is C22H26N4O2. The van der Waals surface area contributed by atoms with E-state index >= 15 is 0 Å². The molecule has 0 spiro atoms. The lowest BCUT2D eigenvalue weighted by molar-refractivity contribution is 0.0917. The van der Waals surface area contributed by atoms with Crippen LogP contribution in [0.1, 0.15) is 64.9 Å². The predicted molar refractivity (Wildman–Crippen MR) is 107 cm³/mol. The van der Waals surface area contributed by atoms with Crippen molar-refractivity contribution >= 4 is 5.91 Å². The molecule has 146 valence electrons. The Hall–Kier alpha value is -2.89. The molecule has 2 heterocycles. The van der Waals surface area contributed by atoms with E-state index in [0.717, 1.165) is 29.8 Å². The van der Waals surface area contributed by atoms with Crippen LogP contribution in [0.3, 0.4) is 0 Å². The van der Waals surface area contributed by atoms with Gasteiger partial charge in [0.2, 0.25) is 0 Å². The van der Waals surface area contributed by atoms with Gasteiger partial charge in [0, 0.05) is 5.56 Å². The summed E-state index contributed by atoms with van der Waals surface area (Å²) in [5.41, 5.74) is 5.68. The van der Waals surface area contributed by atoms with Gasteiger partial charge in [-0.05, 0) is 51.2 Å². The Morgan fingerprint density at radius 3 is 2.57 bits per heavy atom. The summed E-state index contributed by atoms with van der Waals surface area (Å²) in [5.74, 6) is 0.397. The average molecular weight is 378 g/mol. The maximum atomic E-state index is 12.9. The zero-order chi connectivity index (χ0) is 20.1. The highest BCUT2D eigenvalue weighted by Gasteiger charge is 2.36. The Balaban J connectivity index is 1.70. The molecule has 1 atom stereocenters. The van der Waals surface area contributed by atoms with Gasteiger partial charge >= 0.3 is 0 Å². The molecule has 2 aromatic heterocycles. The molecule has 0 radical (unpaired) electrons. The summed E-state index contributed by atoms with van der Waals surface area (Å²) in [4.78, 5) is 12.9. The van der Waals surface area contributed by atoms with Gasteiger partial charge in [0.25, 0.3) is 5.91 Å². The van der Waals surface area contributed by atoms with Crippen molar-refractivity contribution < 1.29 is 9.32 Å². The normalized spacial score (nSPS) is 18.0. The lowest BCUT2D eigenvalue weighted by Gasteiger charge is -2.36. The molecule has 1 N–H and O–H groups in total. The summed E-state index contributed by atoms with van der Waals surface area (Å²) in [6, 6.07) is 8.25. The number of rotatable bonds is 3. The quantitative estimate of drug-likeness (QED) is 0.740. The molecule has 0 aliphatic heterocycles. The average Bonchev–Trinajstić information content (AvgIpc) is 3.18. The molecular weight excluding hydrogens is 352 g/mol. The maximum Gasteiger partial charge on any atom is 0.257 e. The fourth-order valence-corrected chi connectivity index (χ4v) is 4.12. The summed E-state index contributed by atoms with van der Waals surface area (Å²) in [6.07, 6.45) is 3.66. The van der Waals surface area contributed by atoms with Gasteiger partial charge in [0.05, 0.1) is 29.3 Å². The van der Waals surface area contributed by atoms with Crippen molar-refractivity contribution in [3.05, 3.63) is 64.3 Å². The fraction of sp³-hybridized carbons (Fsp3) is 0.409. The second-order valence-corrected chi connectivity index (χ2v) is 8.56. The van der Waals surface area contributed by atoms with Crippen LogP contribution in [0.25, 0.3) is 5.69 Å². The smallest absolute Gasteiger partial charge is 0.257 e. The van der Waals surface area contributed by atoms with Crippen molar-refractivity contribution in [2.75, 3.05) is 0 Å². The third-order valence-corrected chi connectivity index (χ3v) is 5.52. The standard InChI is InChI=1S/C22H26N4O2/c1-13-6-8-16(9-7-13)26-19-11-22(4,5)10-18(17(19)12-23-26)24-21(27)20-14(2)25-28-15(20)3/h6-9,12,18H,10-11H2,1-5H3,(H,24,27). The predicted octanol–water partition coefficient (Wildman–Crippen LogP) is 4.23. The molecule has 1 aromatic carbocycles. The van der Waals surface area contributed by atoms with Gasteiger partial charge in [-0.15, -0.1) is 0 Å². The highest BCUT2D eigenvalue weighted by molar-refractivity contribution is 5.96. The van der Waals surface area contributed by atoms with Gasteiger partial charge in [0.15, 0.2) is 0 Å². The molecule has 28 heavy (non-hydrogen) atoms. The molecule has 1 aliphatic rings. The topological polar surface area (TPSA) is 73.0 Å². The van der Waals surface area contributed by atoms with Crippen LogP contribution >= 0.6 is 0 Å². The van der Waals surface area contributed by atoms with Crippen molar-refractivity contribution in [2.45, 2.75) is 53.5 Å². The number of amides is 1. The molecule has 0 saturated heterocycles. The molecule has 3 aromatic rings. The number of carbonyl (C=O) groups excluding carboxylic acids is 1. The first-order valence-electron chi connectivity index (χ1n) is 9.63. The first kappa shape index (κ1) is 18.5. The Morgan fingerprint density at radius 2 is 1.93 bits per heavy atom. The number of aryl methyl sites for hydroxylation is 3.